The third kappa shape index (κ3) is 3.40. The zero-order valence-corrected chi connectivity index (χ0v) is 17.6. The number of aliphatic hydroxyl groups is 1. The highest BCUT2D eigenvalue weighted by molar-refractivity contribution is 6.09. The third-order valence-corrected chi connectivity index (χ3v) is 6.10. The molecular formula is C22H24N6O3. The van der Waals surface area contributed by atoms with E-state index in [0.717, 1.165) is 23.7 Å². The second kappa shape index (κ2) is 7.05. The maximum absolute atomic E-state index is 12.9. The van der Waals surface area contributed by atoms with Crippen LogP contribution in [0.25, 0.3) is 16.6 Å². The fourth-order valence-corrected chi connectivity index (χ4v) is 4.08. The Morgan fingerprint density at radius 1 is 1.32 bits per heavy atom. The fraction of sp³-hybridized carbons (Fsp3) is 0.364. The second-order valence-corrected chi connectivity index (χ2v) is 8.60. The molecule has 2 N–H and O–H groups in total. The van der Waals surface area contributed by atoms with Gasteiger partial charge in [0, 0.05) is 30.0 Å². The van der Waals surface area contributed by atoms with Gasteiger partial charge in [0.05, 0.1) is 36.2 Å². The molecule has 5 rings (SSSR count). The molecule has 1 amide bonds. The van der Waals surface area contributed by atoms with Gasteiger partial charge >= 0.3 is 0 Å². The summed E-state index contributed by atoms with van der Waals surface area (Å²) < 4.78 is 9.00. The van der Waals surface area contributed by atoms with Gasteiger partial charge in [0.25, 0.3) is 5.91 Å². The van der Waals surface area contributed by atoms with Crippen molar-refractivity contribution in [1.29, 1.82) is 0 Å². The highest BCUT2D eigenvalue weighted by Gasteiger charge is 2.40. The lowest BCUT2D eigenvalue weighted by Gasteiger charge is -2.42. The van der Waals surface area contributed by atoms with Crippen LogP contribution in [-0.2, 0) is 0 Å². The summed E-state index contributed by atoms with van der Waals surface area (Å²) >= 11 is 0. The van der Waals surface area contributed by atoms with Gasteiger partial charge in [0.2, 0.25) is 0 Å². The SMILES string of the molecule is COc1cc2nn(C3CC(C(C)(C)O)C3)cc2cc1NC(=O)c1cnn2cccnc12. The van der Waals surface area contributed by atoms with Crippen molar-refractivity contribution in [2.75, 3.05) is 12.4 Å². The number of rotatable bonds is 5. The maximum Gasteiger partial charge on any atom is 0.261 e. The summed E-state index contributed by atoms with van der Waals surface area (Å²) in [6.45, 7) is 3.71. The van der Waals surface area contributed by atoms with Crippen molar-refractivity contribution >= 4 is 28.1 Å². The second-order valence-electron chi connectivity index (χ2n) is 8.60. The molecule has 0 atom stereocenters. The first-order chi connectivity index (χ1) is 14.8. The average molecular weight is 420 g/mol. The van der Waals surface area contributed by atoms with E-state index in [0.29, 0.717) is 22.6 Å². The van der Waals surface area contributed by atoms with Crippen LogP contribution in [0.5, 0.6) is 5.75 Å². The molecule has 1 aromatic carbocycles. The zero-order chi connectivity index (χ0) is 21.8. The highest BCUT2D eigenvalue weighted by atomic mass is 16.5. The van der Waals surface area contributed by atoms with Crippen LogP contribution in [-0.4, -0.2) is 48.1 Å². The number of aromatic nitrogens is 5. The lowest BCUT2D eigenvalue weighted by atomic mass is 9.71. The molecule has 0 aliphatic heterocycles. The van der Waals surface area contributed by atoms with Crippen LogP contribution >= 0.6 is 0 Å². The monoisotopic (exact) mass is 420 g/mol. The number of nitrogens with one attached hydrogen (secondary N) is 1. The third-order valence-electron chi connectivity index (χ3n) is 6.10. The van der Waals surface area contributed by atoms with E-state index in [1.807, 2.05) is 36.9 Å². The van der Waals surface area contributed by atoms with Crippen LogP contribution in [0.2, 0.25) is 0 Å². The van der Waals surface area contributed by atoms with Crippen LogP contribution < -0.4 is 10.1 Å². The molecule has 160 valence electrons. The van der Waals surface area contributed by atoms with Crippen LogP contribution in [0.1, 0.15) is 43.1 Å². The quantitative estimate of drug-likeness (QED) is 0.514. The Morgan fingerprint density at radius 3 is 2.87 bits per heavy atom. The van der Waals surface area contributed by atoms with Gasteiger partial charge in [-0.3, -0.25) is 9.48 Å². The molecular weight excluding hydrogens is 396 g/mol. The standard InChI is InChI=1S/C22H24N6O3/c1-22(2,30)14-8-15(9-14)28-12-13-7-18(19(31-3)10-17(13)26-28)25-21(29)16-11-24-27-6-4-5-23-20(16)27/h4-7,10-12,14-15,30H,8-9H2,1-3H3,(H,25,29). The zero-order valence-electron chi connectivity index (χ0n) is 17.6. The van der Waals surface area contributed by atoms with Crippen molar-refractivity contribution in [3.8, 4) is 5.75 Å². The van der Waals surface area contributed by atoms with Gasteiger partial charge in [0.15, 0.2) is 5.65 Å². The smallest absolute Gasteiger partial charge is 0.261 e. The predicted molar refractivity (Wildman–Crippen MR) is 115 cm³/mol. The van der Waals surface area contributed by atoms with Crippen molar-refractivity contribution in [2.24, 2.45) is 5.92 Å². The first kappa shape index (κ1) is 19.5. The molecule has 3 heterocycles. The summed E-state index contributed by atoms with van der Waals surface area (Å²) in [5, 5.41) is 22.9. The summed E-state index contributed by atoms with van der Waals surface area (Å²) in [6.07, 6.45) is 8.61. The Labute approximate surface area is 178 Å². The Morgan fingerprint density at radius 2 is 2.13 bits per heavy atom. The lowest BCUT2D eigenvalue weighted by Crippen LogP contribution is -2.41. The molecule has 0 saturated heterocycles. The van der Waals surface area contributed by atoms with E-state index in [9.17, 15) is 9.90 Å². The molecule has 1 fully saturated rings. The number of carbonyl (C=O) groups is 1. The molecule has 0 unspecified atom stereocenters. The van der Waals surface area contributed by atoms with Gasteiger partial charge in [-0.1, -0.05) is 0 Å². The molecule has 0 spiro atoms. The van der Waals surface area contributed by atoms with E-state index >= 15 is 0 Å². The van der Waals surface area contributed by atoms with Gasteiger partial charge in [-0.15, -0.1) is 0 Å². The Hall–Kier alpha value is -3.46. The summed E-state index contributed by atoms with van der Waals surface area (Å²) in [4.78, 5) is 17.1. The van der Waals surface area contributed by atoms with Crippen molar-refractivity contribution in [1.82, 2.24) is 24.4 Å². The molecule has 9 heteroatoms. The minimum atomic E-state index is -0.670. The predicted octanol–water partition coefficient (Wildman–Crippen LogP) is 3.06. The Bertz CT molecular complexity index is 1280. The minimum absolute atomic E-state index is 0.262. The lowest BCUT2D eigenvalue weighted by molar-refractivity contribution is -0.0412. The summed E-state index contributed by atoms with van der Waals surface area (Å²) in [7, 11) is 1.56. The van der Waals surface area contributed by atoms with Crippen molar-refractivity contribution in [3.63, 3.8) is 0 Å². The molecule has 1 aliphatic carbocycles. The van der Waals surface area contributed by atoms with E-state index < -0.39 is 5.60 Å². The van der Waals surface area contributed by atoms with Gasteiger partial charge in [-0.2, -0.15) is 10.2 Å². The number of amides is 1. The van der Waals surface area contributed by atoms with Crippen LogP contribution in [0.15, 0.2) is 43.0 Å². The van der Waals surface area contributed by atoms with E-state index in [-0.39, 0.29) is 17.9 Å². The summed E-state index contributed by atoms with van der Waals surface area (Å²) in [5.74, 6) is 0.484. The molecule has 1 aliphatic rings. The van der Waals surface area contributed by atoms with E-state index in [4.69, 9.17) is 4.74 Å². The van der Waals surface area contributed by atoms with E-state index in [2.05, 4.69) is 20.5 Å². The molecule has 3 aromatic heterocycles. The van der Waals surface area contributed by atoms with Crippen LogP contribution in [0, 0.1) is 5.92 Å². The minimum Gasteiger partial charge on any atom is -0.494 e. The number of fused-ring (bicyclic) bond motifs is 2. The summed E-state index contributed by atoms with van der Waals surface area (Å²) in [6, 6.07) is 5.70. The number of anilines is 1. The number of hydrogen-bond donors (Lipinski definition) is 2. The number of methoxy groups -OCH3 is 1. The molecule has 4 aromatic rings. The summed E-state index contributed by atoms with van der Waals surface area (Å²) in [5.41, 5.74) is 1.54. The van der Waals surface area contributed by atoms with E-state index in [1.54, 1.807) is 30.1 Å². The van der Waals surface area contributed by atoms with Crippen molar-refractivity contribution < 1.29 is 14.6 Å². The van der Waals surface area contributed by atoms with E-state index in [1.165, 1.54) is 6.20 Å². The van der Waals surface area contributed by atoms with Crippen molar-refractivity contribution in [2.45, 2.75) is 38.3 Å². The molecule has 0 radical (unpaired) electrons. The number of hydrogen-bond acceptors (Lipinski definition) is 6. The first-order valence-corrected chi connectivity index (χ1v) is 10.2. The fourth-order valence-electron chi connectivity index (χ4n) is 4.08. The number of benzene rings is 1. The molecule has 0 bridgehead atoms. The molecule has 1 saturated carbocycles. The van der Waals surface area contributed by atoms with Crippen LogP contribution in [0.4, 0.5) is 5.69 Å². The number of nitrogens with zero attached hydrogens (tertiary/aromatic N) is 5. The first-order valence-electron chi connectivity index (χ1n) is 10.2. The topological polar surface area (TPSA) is 107 Å². The number of carbonyl (C=O) groups excluding carboxylic acids is 1. The van der Waals surface area contributed by atoms with Gasteiger partial charge < -0.3 is 15.2 Å². The molecule has 31 heavy (non-hydrogen) atoms. The molecule has 9 nitrogen and oxygen atoms in total. The highest BCUT2D eigenvalue weighted by Crippen LogP contribution is 2.44. The van der Waals surface area contributed by atoms with Gasteiger partial charge in [-0.05, 0) is 44.7 Å². The average Bonchev–Trinajstić information content (AvgIpc) is 3.28. The number of ether oxygens (including phenoxy) is 1. The van der Waals surface area contributed by atoms with Crippen molar-refractivity contribution in [3.05, 3.63) is 48.5 Å². The van der Waals surface area contributed by atoms with Gasteiger partial charge in [-0.25, -0.2) is 9.50 Å². The van der Waals surface area contributed by atoms with Gasteiger partial charge in [0.1, 0.15) is 11.3 Å². The maximum atomic E-state index is 12.9. The Balaban J connectivity index is 1.42. The largest absolute Gasteiger partial charge is 0.494 e. The Kier molecular flexibility index (Phi) is 4.44. The normalized spacial score (nSPS) is 18.8. The van der Waals surface area contributed by atoms with Crippen LogP contribution in [0.3, 0.4) is 0 Å².